The van der Waals surface area contributed by atoms with Crippen molar-refractivity contribution in [1.29, 1.82) is 0 Å². The van der Waals surface area contributed by atoms with Crippen LogP contribution in [0.5, 0.6) is 0 Å². The van der Waals surface area contributed by atoms with Gasteiger partial charge in [0, 0.05) is 6.20 Å². The fourth-order valence-electron chi connectivity index (χ4n) is 2.54. The molecular weight excluding hydrogens is 336 g/mol. The quantitative estimate of drug-likeness (QED) is 0.441. The maximum absolute atomic E-state index is 11.7. The number of pyridine rings is 1. The van der Waals surface area contributed by atoms with Crippen LogP contribution in [0.25, 0.3) is 16.9 Å². The van der Waals surface area contributed by atoms with Gasteiger partial charge in [-0.05, 0) is 36.8 Å². The molecule has 3 heterocycles. The Morgan fingerprint density at radius 3 is 2.81 bits per heavy atom. The Bertz CT molecular complexity index is 1120. The Kier molecular flexibility index (Phi) is 3.69. The van der Waals surface area contributed by atoms with Crippen molar-refractivity contribution in [2.24, 2.45) is 0 Å². The fourth-order valence-corrected chi connectivity index (χ4v) is 2.54. The fraction of sp³-hybridized carbons (Fsp3) is 0.0625. The van der Waals surface area contributed by atoms with E-state index in [1.54, 1.807) is 30.5 Å². The average Bonchev–Trinajstić information content (AvgIpc) is 3.05. The number of nitro groups is 1. The van der Waals surface area contributed by atoms with E-state index in [1.807, 2.05) is 19.1 Å². The highest BCUT2D eigenvalue weighted by Crippen LogP contribution is 2.30. The molecule has 26 heavy (non-hydrogen) atoms. The molecule has 0 amide bonds. The molecule has 0 aliphatic rings. The minimum atomic E-state index is -0.552. The summed E-state index contributed by atoms with van der Waals surface area (Å²) in [7, 11) is 0. The number of nitrogens with zero attached hydrogens (tertiary/aromatic N) is 7. The molecule has 3 aromatic heterocycles. The molecule has 128 valence electrons. The van der Waals surface area contributed by atoms with Gasteiger partial charge < -0.3 is 5.32 Å². The van der Waals surface area contributed by atoms with Gasteiger partial charge in [-0.2, -0.15) is 4.68 Å². The Hall–Kier alpha value is -3.95. The zero-order valence-electron chi connectivity index (χ0n) is 13.6. The number of aryl methyl sites for hydroxylation is 1. The van der Waals surface area contributed by atoms with Gasteiger partial charge >= 0.3 is 5.69 Å². The number of benzene rings is 1. The number of aromatic nitrogens is 6. The molecule has 10 nitrogen and oxygen atoms in total. The van der Waals surface area contributed by atoms with E-state index < -0.39 is 4.92 Å². The molecule has 0 saturated heterocycles. The molecule has 1 aromatic carbocycles. The summed E-state index contributed by atoms with van der Waals surface area (Å²) in [5.41, 5.74) is 1.86. The van der Waals surface area contributed by atoms with Gasteiger partial charge in [0.15, 0.2) is 0 Å². The molecule has 1 N–H and O–H groups in total. The Morgan fingerprint density at radius 2 is 2.00 bits per heavy atom. The second kappa shape index (κ2) is 6.16. The van der Waals surface area contributed by atoms with E-state index in [2.05, 4.69) is 30.6 Å². The van der Waals surface area contributed by atoms with Gasteiger partial charge in [-0.25, -0.2) is 15.0 Å². The smallest absolute Gasteiger partial charge is 0.319 e. The maximum Gasteiger partial charge on any atom is 0.356 e. The average molecular weight is 348 g/mol. The molecule has 0 aliphatic heterocycles. The molecule has 0 bridgehead atoms. The lowest BCUT2D eigenvalue weighted by molar-refractivity contribution is -0.384. The molecule has 0 radical (unpaired) electrons. The molecule has 4 rings (SSSR count). The van der Waals surface area contributed by atoms with E-state index >= 15 is 0 Å². The standard InChI is InChI=1S/C16H12N8O2/c1-10-6-7-17-13(8-10)20-15-14(24(25)26)16(19-9-18-15)23-12-5-3-2-4-11(12)21-22-23/h2-9H,1H3,(H,17,18,19,20). The van der Waals surface area contributed by atoms with Gasteiger partial charge in [-0.1, -0.05) is 17.3 Å². The van der Waals surface area contributed by atoms with Crippen molar-refractivity contribution in [2.45, 2.75) is 6.92 Å². The zero-order chi connectivity index (χ0) is 18.1. The van der Waals surface area contributed by atoms with Crippen molar-refractivity contribution >= 4 is 28.4 Å². The first-order valence-corrected chi connectivity index (χ1v) is 7.63. The number of hydrogen-bond donors (Lipinski definition) is 1. The van der Waals surface area contributed by atoms with E-state index in [-0.39, 0.29) is 17.3 Å². The monoisotopic (exact) mass is 348 g/mol. The number of hydrogen-bond acceptors (Lipinski definition) is 8. The first-order valence-electron chi connectivity index (χ1n) is 7.63. The van der Waals surface area contributed by atoms with Crippen LogP contribution in [0.1, 0.15) is 5.56 Å². The lowest BCUT2D eigenvalue weighted by Gasteiger charge is -2.08. The molecule has 0 aliphatic carbocycles. The van der Waals surface area contributed by atoms with Crippen LogP contribution in [-0.4, -0.2) is 34.9 Å². The van der Waals surface area contributed by atoms with Gasteiger partial charge in [0.2, 0.25) is 11.6 Å². The molecule has 10 heteroatoms. The second-order valence-electron chi connectivity index (χ2n) is 5.48. The van der Waals surface area contributed by atoms with Crippen molar-refractivity contribution in [3.63, 3.8) is 0 Å². The van der Waals surface area contributed by atoms with Crippen LogP contribution in [0.4, 0.5) is 17.3 Å². The minimum Gasteiger partial charge on any atom is -0.319 e. The van der Waals surface area contributed by atoms with E-state index in [4.69, 9.17) is 0 Å². The number of rotatable bonds is 4. The van der Waals surface area contributed by atoms with Crippen LogP contribution in [-0.2, 0) is 0 Å². The number of fused-ring (bicyclic) bond motifs is 1. The molecule has 0 saturated carbocycles. The predicted octanol–water partition coefficient (Wildman–Crippen LogP) is 2.57. The van der Waals surface area contributed by atoms with Crippen molar-refractivity contribution in [2.75, 3.05) is 5.32 Å². The third kappa shape index (κ3) is 2.69. The summed E-state index contributed by atoms with van der Waals surface area (Å²) in [6.45, 7) is 1.90. The predicted molar refractivity (Wildman–Crippen MR) is 93.4 cm³/mol. The van der Waals surface area contributed by atoms with Crippen LogP contribution in [0.15, 0.2) is 48.9 Å². The van der Waals surface area contributed by atoms with Gasteiger partial charge in [-0.15, -0.1) is 5.10 Å². The molecule has 0 atom stereocenters. The number of nitrogens with one attached hydrogen (secondary N) is 1. The molecule has 4 aromatic rings. The largest absolute Gasteiger partial charge is 0.356 e. The summed E-state index contributed by atoms with van der Waals surface area (Å²) in [6, 6.07) is 10.7. The van der Waals surface area contributed by atoms with E-state index in [1.165, 1.54) is 11.0 Å². The Morgan fingerprint density at radius 1 is 1.15 bits per heavy atom. The van der Waals surface area contributed by atoms with Gasteiger partial charge in [0.1, 0.15) is 17.7 Å². The number of anilines is 2. The molecule has 0 fully saturated rings. The zero-order valence-corrected chi connectivity index (χ0v) is 13.6. The van der Waals surface area contributed by atoms with Crippen molar-refractivity contribution < 1.29 is 4.92 Å². The Labute approximate surface area is 146 Å². The second-order valence-corrected chi connectivity index (χ2v) is 5.48. The maximum atomic E-state index is 11.7. The first kappa shape index (κ1) is 15.6. The van der Waals surface area contributed by atoms with E-state index in [9.17, 15) is 10.1 Å². The summed E-state index contributed by atoms with van der Waals surface area (Å²) in [4.78, 5) is 23.4. The summed E-state index contributed by atoms with van der Waals surface area (Å²) >= 11 is 0. The summed E-state index contributed by atoms with van der Waals surface area (Å²) in [6.07, 6.45) is 2.84. The van der Waals surface area contributed by atoms with Crippen molar-refractivity contribution in [3.8, 4) is 5.82 Å². The lowest BCUT2D eigenvalue weighted by atomic mass is 10.3. The van der Waals surface area contributed by atoms with Crippen LogP contribution < -0.4 is 5.32 Å². The highest BCUT2D eigenvalue weighted by Gasteiger charge is 2.26. The topological polar surface area (TPSA) is 125 Å². The molecular formula is C16H12N8O2. The van der Waals surface area contributed by atoms with E-state index in [0.29, 0.717) is 16.9 Å². The normalized spacial score (nSPS) is 10.8. The SMILES string of the molecule is Cc1ccnc(Nc2ncnc(-n3nnc4ccccc43)c2[N+](=O)[O-])c1. The third-order valence-corrected chi connectivity index (χ3v) is 3.70. The summed E-state index contributed by atoms with van der Waals surface area (Å²) < 4.78 is 1.32. The molecule has 0 unspecified atom stereocenters. The van der Waals surface area contributed by atoms with Crippen LogP contribution in [0, 0.1) is 17.0 Å². The molecule has 0 spiro atoms. The van der Waals surface area contributed by atoms with E-state index in [0.717, 1.165) is 5.56 Å². The lowest BCUT2D eigenvalue weighted by Crippen LogP contribution is -2.09. The highest BCUT2D eigenvalue weighted by molar-refractivity contribution is 5.78. The summed E-state index contributed by atoms with van der Waals surface area (Å²) in [5, 5.41) is 22.6. The van der Waals surface area contributed by atoms with Gasteiger partial charge in [0.25, 0.3) is 0 Å². The number of para-hydroxylation sites is 1. The minimum absolute atomic E-state index is 0.0221. The van der Waals surface area contributed by atoms with Crippen molar-refractivity contribution in [3.05, 3.63) is 64.6 Å². The first-order chi connectivity index (χ1) is 12.6. The van der Waals surface area contributed by atoms with Crippen LogP contribution in [0.3, 0.4) is 0 Å². The summed E-state index contributed by atoms with van der Waals surface area (Å²) in [5.74, 6) is 0.493. The van der Waals surface area contributed by atoms with Gasteiger partial charge in [0.05, 0.1) is 10.4 Å². The third-order valence-electron chi connectivity index (χ3n) is 3.70. The van der Waals surface area contributed by atoms with Crippen LogP contribution >= 0.6 is 0 Å². The van der Waals surface area contributed by atoms with Gasteiger partial charge in [-0.3, -0.25) is 10.1 Å². The van der Waals surface area contributed by atoms with Crippen LogP contribution in [0.2, 0.25) is 0 Å². The van der Waals surface area contributed by atoms with Crippen molar-refractivity contribution in [1.82, 2.24) is 29.9 Å². The Balaban J connectivity index is 1.87. The highest BCUT2D eigenvalue weighted by atomic mass is 16.6.